The van der Waals surface area contributed by atoms with Crippen LogP contribution in [0.3, 0.4) is 0 Å². The zero-order chi connectivity index (χ0) is 23.9. The molecule has 0 saturated carbocycles. The Kier molecular flexibility index (Phi) is 5.92. The van der Waals surface area contributed by atoms with Crippen LogP contribution in [0.2, 0.25) is 0 Å². The molecular formula is C24H23BrN2O6. The van der Waals surface area contributed by atoms with Gasteiger partial charge in [-0.25, -0.2) is 0 Å². The Bertz CT molecular complexity index is 1310. The number of amides is 1. The Hall–Kier alpha value is -3.33. The molecule has 1 aliphatic rings. The normalized spacial score (nSPS) is 15.1. The summed E-state index contributed by atoms with van der Waals surface area (Å²) in [4.78, 5) is 38.5. The van der Waals surface area contributed by atoms with E-state index >= 15 is 0 Å². The molecular weight excluding hydrogens is 492 g/mol. The highest BCUT2D eigenvalue weighted by molar-refractivity contribution is 9.10. The first-order valence-electron chi connectivity index (χ1n) is 10.4. The van der Waals surface area contributed by atoms with Gasteiger partial charge in [-0.1, -0.05) is 34.1 Å². The van der Waals surface area contributed by atoms with E-state index in [1.807, 2.05) is 24.3 Å². The lowest BCUT2D eigenvalue weighted by atomic mass is 10.0. The number of ether oxygens (including phenoxy) is 2. The van der Waals surface area contributed by atoms with Gasteiger partial charge in [0.15, 0.2) is 0 Å². The van der Waals surface area contributed by atoms with Gasteiger partial charge in [0.25, 0.3) is 11.5 Å². The Morgan fingerprint density at radius 3 is 2.58 bits per heavy atom. The second-order valence-electron chi connectivity index (χ2n) is 8.70. The number of halogens is 1. The van der Waals surface area contributed by atoms with Gasteiger partial charge >= 0.3 is 5.97 Å². The number of carbonyl (C=O) groups is 2. The topological polar surface area (TPSA) is 107 Å². The van der Waals surface area contributed by atoms with E-state index in [9.17, 15) is 19.5 Å². The zero-order valence-corrected chi connectivity index (χ0v) is 19.9. The Morgan fingerprint density at radius 2 is 1.91 bits per heavy atom. The molecule has 0 aliphatic carbocycles. The van der Waals surface area contributed by atoms with Gasteiger partial charge in [-0.05, 0) is 50.6 Å². The monoisotopic (exact) mass is 514 g/mol. The molecule has 3 aromatic rings. The van der Waals surface area contributed by atoms with Gasteiger partial charge in [-0.15, -0.1) is 0 Å². The molecule has 1 unspecified atom stereocenters. The molecule has 8 nitrogen and oxygen atoms in total. The van der Waals surface area contributed by atoms with E-state index in [0.717, 1.165) is 10.0 Å². The number of benzene rings is 2. The van der Waals surface area contributed by atoms with E-state index in [-0.39, 0.29) is 6.61 Å². The summed E-state index contributed by atoms with van der Waals surface area (Å²) in [6.07, 6.45) is 0. The van der Waals surface area contributed by atoms with Gasteiger partial charge in [0.05, 0.1) is 11.6 Å². The molecule has 0 fully saturated rings. The summed E-state index contributed by atoms with van der Waals surface area (Å²) in [6.45, 7) is 4.87. The number of nitrogens with zero attached hydrogens (tertiary/aromatic N) is 1. The highest BCUT2D eigenvalue weighted by Crippen LogP contribution is 2.38. The first-order valence-corrected chi connectivity index (χ1v) is 11.1. The number of para-hydroxylation sites is 1. The lowest BCUT2D eigenvalue weighted by Gasteiger charge is -2.29. The highest BCUT2D eigenvalue weighted by atomic mass is 79.9. The third-order valence-electron chi connectivity index (χ3n) is 5.17. The molecule has 1 amide bonds. The predicted octanol–water partition coefficient (Wildman–Crippen LogP) is 3.52. The van der Waals surface area contributed by atoms with Crippen molar-refractivity contribution < 1.29 is 24.2 Å². The van der Waals surface area contributed by atoms with E-state index < -0.39 is 46.9 Å². The minimum atomic E-state index is -0.861. The fourth-order valence-corrected chi connectivity index (χ4v) is 4.09. The minimum Gasteiger partial charge on any atom is -0.506 e. The number of carbonyl (C=O) groups excluding carboxylic acids is 2. The maximum Gasteiger partial charge on any atom is 0.325 e. The molecule has 0 spiro atoms. The van der Waals surface area contributed by atoms with Crippen molar-refractivity contribution >= 4 is 38.7 Å². The van der Waals surface area contributed by atoms with Crippen LogP contribution in [0.5, 0.6) is 11.5 Å². The van der Waals surface area contributed by atoms with E-state index in [1.165, 1.54) is 4.57 Å². The van der Waals surface area contributed by atoms with Crippen LogP contribution in [0, 0.1) is 0 Å². The second-order valence-corrected chi connectivity index (χ2v) is 9.61. The molecule has 2 N–H and O–H groups in total. The number of aromatic nitrogens is 1. The summed E-state index contributed by atoms with van der Waals surface area (Å²) in [5.74, 6) is -1.54. The number of hydrogen-bond acceptors (Lipinski definition) is 6. The van der Waals surface area contributed by atoms with Crippen molar-refractivity contribution in [3.05, 3.63) is 68.4 Å². The van der Waals surface area contributed by atoms with Crippen LogP contribution in [0.15, 0.2) is 51.7 Å². The molecule has 172 valence electrons. The van der Waals surface area contributed by atoms with Crippen molar-refractivity contribution in [1.29, 1.82) is 0 Å². The SMILES string of the molecule is CC(C)(C)OC(=O)CNC(=O)c1c(O)c2cccc3c2n(c1=O)C(c1ccc(Br)cc1)CO3. The molecule has 33 heavy (non-hydrogen) atoms. The number of esters is 1. The average Bonchev–Trinajstić information content (AvgIpc) is 2.75. The zero-order valence-electron chi connectivity index (χ0n) is 18.3. The quantitative estimate of drug-likeness (QED) is 0.515. The number of nitrogens with one attached hydrogen (secondary N) is 1. The molecule has 0 radical (unpaired) electrons. The van der Waals surface area contributed by atoms with Crippen LogP contribution in [-0.2, 0) is 9.53 Å². The summed E-state index contributed by atoms with van der Waals surface area (Å²) < 4.78 is 13.4. The Morgan fingerprint density at radius 1 is 1.21 bits per heavy atom. The lowest BCUT2D eigenvalue weighted by molar-refractivity contribution is -0.153. The first kappa shape index (κ1) is 22.8. The first-order chi connectivity index (χ1) is 15.6. The average molecular weight is 515 g/mol. The van der Waals surface area contributed by atoms with Gasteiger partial charge in [-0.2, -0.15) is 0 Å². The van der Waals surface area contributed by atoms with Crippen molar-refractivity contribution in [2.45, 2.75) is 32.4 Å². The molecule has 1 aromatic heterocycles. The summed E-state index contributed by atoms with van der Waals surface area (Å²) in [7, 11) is 0. The van der Waals surface area contributed by atoms with Crippen molar-refractivity contribution in [3.8, 4) is 11.5 Å². The highest BCUT2D eigenvalue weighted by Gasteiger charge is 2.31. The molecule has 0 saturated heterocycles. The van der Waals surface area contributed by atoms with Crippen LogP contribution < -0.4 is 15.6 Å². The maximum absolute atomic E-state index is 13.5. The molecule has 2 aromatic carbocycles. The summed E-state index contributed by atoms with van der Waals surface area (Å²) in [5.41, 5.74) is -0.618. The smallest absolute Gasteiger partial charge is 0.325 e. The minimum absolute atomic E-state index is 0.178. The Labute approximate surface area is 198 Å². The van der Waals surface area contributed by atoms with E-state index in [4.69, 9.17) is 9.47 Å². The molecule has 0 bridgehead atoms. The van der Waals surface area contributed by atoms with Gasteiger partial charge in [0.1, 0.15) is 35.8 Å². The van der Waals surface area contributed by atoms with Crippen LogP contribution in [0.4, 0.5) is 0 Å². The summed E-state index contributed by atoms with van der Waals surface area (Å²) >= 11 is 3.40. The predicted molar refractivity (Wildman–Crippen MR) is 126 cm³/mol. The standard InChI is InChI=1S/C24H23BrN2O6/c1-24(2,3)33-18(28)11-26-22(30)19-21(29)15-5-4-6-17-20(15)27(23(19)31)16(12-32-17)13-7-9-14(25)10-8-13/h4-10,16,29H,11-12H2,1-3H3,(H,26,30). The molecule has 4 rings (SSSR count). The van der Waals surface area contributed by atoms with Gasteiger partial charge in [0.2, 0.25) is 0 Å². The van der Waals surface area contributed by atoms with Gasteiger partial charge in [-0.3, -0.25) is 19.0 Å². The summed E-state index contributed by atoms with van der Waals surface area (Å²) in [5, 5.41) is 13.6. The fraction of sp³-hybridized carbons (Fsp3) is 0.292. The van der Waals surface area contributed by atoms with Crippen molar-refractivity contribution in [1.82, 2.24) is 9.88 Å². The molecule has 1 atom stereocenters. The van der Waals surface area contributed by atoms with E-state index in [1.54, 1.807) is 39.0 Å². The number of aromatic hydroxyl groups is 1. The van der Waals surface area contributed by atoms with Gasteiger partial charge < -0.3 is 19.9 Å². The second kappa shape index (κ2) is 8.55. The maximum atomic E-state index is 13.5. The fourth-order valence-electron chi connectivity index (χ4n) is 3.83. The van der Waals surface area contributed by atoms with Crippen LogP contribution in [0.1, 0.15) is 42.7 Å². The number of hydrogen-bond donors (Lipinski definition) is 2. The van der Waals surface area contributed by atoms with Crippen LogP contribution >= 0.6 is 15.9 Å². The van der Waals surface area contributed by atoms with Crippen molar-refractivity contribution in [2.75, 3.05) is 13.2 Å². The van der Waals surface area contributed by atoms with Gasteiger partial charge in [0, 0.05) is 9.86 Å². The molecule has 9 heteroatoms. The van der Waals surface area contributed by atoms with Crippen molar-refractivity contribution in [2.24, 2.45) is 0 Å². The van der Waals surface area contributed by atoms with E-state index in [0.29, 0.717) is 16.7 Å². The third kappa shape index (κ3) is 4.45. The number of pyridine rings is 1. The number of rotatable bonds is 4. The van der Waals surface area contributed by atoms with Crippen LogP contribution in [-0.4, -0.2) is 40.3 Å². The van der Waals surface area contributed by atoms with Crippen molar-refractivity contribution in [3.63, 3.8) is 0 Å². The molecule has 1 aliphatic heterocycles. The Balaban J connectivity index is 1.80. The van der Waals surface area contributed by atoms with E-state index in [2.05, 4.69) is 21.2 Å². The molecule has 2 heterocycles. The largest absolute Gasteiger partial charge is 0.506 e. The van der Waals surface area contributed by atoms with Crippen LogP contribution in [0.25, 0.3) is 10.9 Å². The summed E-state index contributed by atoms with van der Waals surface area (Å²) in [6, 6.07) is 11.9. The lowest BCUT2D eigenvalue weighted by Crippen LogP contribution is -2.40. The third-order valence-corrected chi connectivity index (χ3v) is 5.70.